The molecule has 0 unspecified atom stereocenters. The van der Waals surface area contributed by atoms with Crippen LogP contribution in [0.1, 0.15) is 52.7 Å². The third-order valence-corrected chi connectivity index (χ3v) is 6.58. The second-order valence-electron chi connectivity index (χ2n) is 7.61. The number of hydrogen-bond donors (Lipinski definition) is 1. The molecule has 1 N–H and O–H groups in total. The van der Waals surface area contributed by atoms with Gasteiger partial charge in [-0.25, -0.2) is 0 Å². The standard InChI is InChI=1S/C24H29NO3S/c1-17-6-7-18(2)22(14-17)23(26)8-9-24(27)25-20-5-3-4-19(15-20)16-29-21-10-12-28-13-11-21/h3-7,14-15,21H,8-13,16H2,1-2H3,(H,25,27). The van der Waals surface area contributed by atoms with Crippen molar-refractivity contribution in [3.05, 3.63) is 64.7 Å². The van der Waals surface area contributed by atoms with Crippen LogP contribution in [-0.2, 0) is 15.3 Å². The van der Waals surface area contributed by atoms with Gasteiger partial charge in [0, 0.05) is 48.3 Å². The fourth-order valence-corrected chi connectivity index (χ4v) is 4.55. The highest BCUT2D eigenvalue weighted by molar-refractivity contribution is 7.99. The molecule has 1 aliphatic heterocycles. The smallest absolute Gasteiger partial charge is 0.224 e. The van der Waals surface area contributed by atoms with Crippen LogP contribution < -0.4 is 5.32 Å². The Morgan fingerprint density at radius 1 is 1.07 bits per heavy atom. The van der Waals surface area contributed by atoms with E-state index in [0.29, 0.717) is 10.8 Å². The minimum Gasteiger partial charge on any atom is -0.381 e. The topological polar surface area (TPSA) is 55.4 Å². The Morgan fingerprint density at radius 2 is 1.86 bits per heavy atom. The van der Waals surface area contributed by atoms with Gasteiger partial charge >= 0.3 is 0 Å². The van der Waals surface area contributed by atoms with E-state index in [1.165, 1.54) is 5.56 Å². The molecule has 1 saturated heterocycles. The zero-order chi connectivity index (χ0) is 20.6. The number of nitrogens with one attached hydrogen (secondary N) is 1. The maximum Gasteiger partial charge on any atom is 0.224 e. The number of rotatable bonds is 8. The Morgan fingerprint density at radius 3 is 2.66 bits per heavy atom. The van der Waals surface area contributed by atoms with Gasteiger partial charge in [0.2, 0.25) is 5.91 Å². The Hall–Kier alpha value is -2.11. The number of ether oxygens (including phenoxy) is 1. The van der Waals surface area contributed by atoms with Crippen molar-refractivity contribution >= 4 is 29.1 Å². The number of amides is 1. The third kappa shape index (κ3) is 6.72. The van der Waals surface area contributed by atoms with Crippen molar-refractivity contribution < 1.29 is 14.3 Å². The molecule has 4 nitrogen and oxygen atoms in total. The van der Waals surface area contributed by atoms with Crippen LogP contribution in [0.2, 0.25) is 0 Å². The first-order chi connectivity index (χ1) is 14.0. The van der Waals surface area contributed by atoms with Crippen molar-refractivity contribution in [2.75, 3.05) is 18.5 Å². The molecule has 0 spiro atoms. The number of anilines is 1. The molecule has 3 rings (SSSR count). The van der Waals surface area contributed by atoms with E-state index in [1.807, 2.05) is 62.0 Å². The number of aryl methyl sites for hydroxylation is 2. The highest BCUT2D eigenvalue weighted by Crippen LogP contribution is 2.26. The number of thioether (sulfide) groups is 1. The molecule has 29 heavy (non-hydrogen) atoms. The molecule has 1 heterocycles. The van der Waals surface area contributed by atoms with Crippen LogP contribution in [0.5, 0.6) is 0 Å². The molecule has 1 fully saturated rings. The average Bonchev–Trinajstić information content (AvgIpc) is 2.73. The minimum absolute atomic E-state index is 0.0166. The monoisotopic (exact) mass is 411 g/mol. The Balaban J connectivity index is 1.48. The molecule has 1 aliphatic rings. The van der Waals surface area contributed by atoms with Gasteiger partial charge in [0.05, 0.1) is 0 Å². The van der Waals surface area contributed by atoms with Crippen LogP contribution in [0.3, 0.4) is 0 Å². The molecule has 0 aliphatic carbocycles. The van der Waals surface area contributed by atoms with Crippen LogP contribution in [0.25, 0.3) is 0 Å². The summed E-state index contributed by atoms with van der Waals surface area (Å²) in [5.41, 5.74) is 4.71. The van der Waals surface area contributed by atoms with E-state index >= 15 is 0 Å². The first-order valence-electron chi connectivity index (χ1n) is 10.2. The van der Waals surface area contributed by atoms with E-state index in [0.717, 1.165) is 48.6 Å². The Labute approximate surface area is 177 Å². The molecule has 5 heteroatoms. The molecule has 1 amide bonds. The zero-order valence-electron chi connectivity index (χ0n) is 17.2. The molecule has 0 radical (unpaired) electrons. The number of hydrogen-bond acceptors (Lipinski definition) is 4. The van der Waals surface area contributed by atoms with Crippen LogP contribution in [-0.4, -0.2) is 30.2 Å². The van der Waals surface area contributed by atoms with Crippen molar-refractivity contribution in [2.24, 2.45) is 0 Å². The maximum absolute atomic E-state index is 12.5. The Kier molecular flexibility index (Phi) is 7.90. The summed E-state index contributed by atoms with van der Waals surface area (Å²) in [6.45, 7) is 5.61. The minimum atomic E-state index is -0.127. The summed E-state index contributed by atoms with van der Waals surface area (Å²) < 4.78 is 5.41. The number of Topliss-reactive ketones (excluding diaryl/α,β-unsaturated/α-hetero) is 1. The van der Waals surface area contributed by atoms with Gasteiger partial charge in [-0.05, 0) is 56.0 Å². The normalized spacial score (nSPS) is 14.6. The van der Waals surface area contributed by atoms with Crippen molar-refractivity contribution in [1.29, 1.82) is 0 Å². The summed E-state index contributed by atoms with van der Waals surface area (Å²) in [7, 11) is 0. The molecule has 2 aromatic carbocycles. The second-order valence-corrected chi connectivity index (χ2v) is 8.90. The zero-order valence-corrected chi connectivity index (χ0v) is 18.0. The summed E-state index contributed by atoms with van der Waals surface area (Å²) in [6.07, 6.45) is 2.62. The largest absolute Gasteiger partial charge is 0.381 e. The first-order valence-corrected chi connectivity index (χ1v) is 11.2. The lowest BCUT2D eigenvalue weighted by Crippen LogP contribution is -2.17. The van der Waals surface area contributed by atoms with Gasteiger partial charge < -0.3 is 10.1 Å². The summed E-state index contributed by atoms with van der Waals surface area (Å²) in [4.78, 5) is 24.8. The van der Waals surface area contributed by atoms with E-state index < -0.39 is 0 Å². The van der Waals surface area contributed by atoms with Crippen LogP contribution in [0.15, 0.2) is 42.5 Å². The van der Waals surface area contributed by atoms with E-state index in [2.05, 4.69) is 11.4 Å². The highest BCUT2D eigenvalue weighted by atomic mass is 32.2. The molecular weight excluding hydrogens is 382 g/mol. The van der Waals surface area contributed by atoms with Gasteiger partial charge in [-0.3, -0.25) is 9.59 Å². The predicted molar refractivity (Wildman–Crippen MR) is 120 cm³/mol. The van der Waals surface area contributed by atoms with E-state index in [9.17, 15) is 9.59 Å². The first kappa shape index (κ1) is 21.6. The number of carbonyl (C=O) groups excluding carboxylic acids is 2. The van der Waals surface area contributed by atoms with Gasteiger partial charge in [-0.2, -0.15) is 11.8 Å². The van der Waals surface area contributed by atoms with Gasteiger partial charge in [0.25, 0.3) is 0 Å². The third-order valence-electron chi connectivity index (χ3n) is 5.14. The van der Waals surface area contributed by atoms with Crippen molar-refractivity contribution in [3.8, 4) is 0 Å². The molecule has 154 valence electrons. The van der Waals surface area contributed by atoms with Gasteiger partial charge in [0.1, 0.15) is 0 Å². The predicted octanol–water partition coefficient (Wildman–Crippen LogP) is 5.32. The number of carbonyl (C=O) groups is 2. The number of ketones is 1. The molecule has 0 aromatic heterocycles. The molecule has 0 bridgehead atoms. The summed E-state index contributed by atoms with van der Waals surface area (Å²) in [5, 5.41) is 3.58. The highest BCUT2D eigenvalue weighted by Gasteiger charge is 2.15. The lowest BCUT2D eigenvalue weighted by molar-refractivity contribution is -0.116. The van der Waals surface area contributed by atoms with Gasteiger partial charge in [-0.15, -0.1) is 0 Å². The van der Waals surface area contributed by atoms with Crippen molar-refractivity contribution in [3.63, 3.8) is 0 Å². The van der Waals surface area contributed by atoms with Crippen LogP contribution >= 0.6 is 11.8 Å². The average molecular weight is 412 g/mol. The van der Waals surface area contributed by atoms with Crippen molar-refractivity contribution in [2.45, 2.75) is 50.5 Å². The molecule has 0 saturated carbocycles. The maximum atomic E-state index is 12.5. The van der Waals surface area contributed by atoms with Crippen molar-refractivity contribution in [1.82, 2.24) is 0 Å². The lowest BCUT2D eigenvalue weighted by atomic mass is 9.99. The second kappa shape index (κ2) is 10.6. The molecule has 0 atom stereocenters. The summed E-state index contributed by atoms with van der Waals surface area (Å²) in [5.74, 6) is 0.820. The van der Waals surface area contributed by atoms with Gasteiger partial charge in [-0.1, -0.05) is 29.8 Å². The van der Waals surface area contributed by atoms with E-state index in [-0.39, 0.29) is 24.5 Å². The molecular formula is C24H29NO3S. The molecule has 2 aromatic rings. The van der Waals surface area contributed by atoms with Crippen LogP contribution in [0, 0.1) is 13.8 Å². The SMILES string of the molecule is Cc1ccc(C)c(C(=O)CCC(=O)Nc2cccc(CSC3CCOCC3)c2)c1. The fourth-order valence-electron chi connectivity index (χ4n) is 3.42. The Bertz CT molecular complexity index is 859. The summed E-state index contributed by atoms with van der Waals surface area (Å²) >= 11 is 1.95. The fraction of sp³-hybridized carbons (Fsp3) is 0.417. The van der Waals surface area contributed by atoms with Gasteiger partial charge in [0.15, 0.2) is 5.78 Å². The van der Waals surface area contributed by atoms with Crippen LogP contribution in [0.4, 0.5) is 5.69 Å². The quantitative estimate of drug-likeness (QED) is 0.598. The van der Waals surface area contributed by atoms with E-state index in [4.69, 9.17) is 4.74 Å². The number of benzene rings is 2. The summed E-state index contributed by atoms with van der Waals surface area (Å²) in [6, 6.07) is 13.8. The lowest BCUT2D eigenvalue weighted by Gasteiger charge is -2.21. The van der Waals surface area contributed by atoms with E-state index in [1.54, 1.807) is 0 Å².